The summed E-state index contributed by atoms with van der Waals surface area (Å²) in [6, 6.07) is 8.34. The van der Waals surface area contributed by atoms with Gasteiger partial charge < -0.3 is 0 Å². The van der Waals surface area contributed by atoms with Gasteiger partial charge in [0.2, 0.25) is 0 Å². The van der Waals surface area contributed by atoms with E-state index in [0.29, 0.717) is 0 Å². The Morgan fingerprint density at radius 2 is 2.08 bits per heavy atom. The highest BCUT2D eigenvalue weighted by atomic mass is 16.7. The zero-order valence-electron chi connectivity index (χ0n) is 6.84. The van der Waals surface area contributed by atoms with E-state index in [2.05, 4.69) is 23.7 Å². The maximum absolute atomic E-state index is 5.55. The Kier molecular flexibility index (Phi) is 1.09. The van der Waals surface area contributed by atoms with Crippen LogP contribution in [0.2, 0.25) is 0 Å². The highest BCUT2D eigenvalue weighted by molar-refractivity contribution is 5.52. The van der Waals surface area contributed by atoms with Crippen molar-refractivity contribution < 1.29 is 4.84 Å². The van der Waals surface area contributed by atoms with Crippen LogP contribution in [0.5, 0.6) is 0 Å². The molecule has 1 aromatic carbocycles. The molecule has 62 valence electrons. The number of anilines is 1. The van der Waals surface area contributed by atoms with Crippen LogP contribution in [0.25, 0.3) is 0 Å². The molecule has 2 aliphatic rings. The first kappa shape index (κ1) is 6.49. The molecule has 0 aromatic heterocycles. The lowest BCUT2D eigenvalue weighted by molar-refractivity contribution is 0.0686. The molecule has 0 atom stereocenters. The molecule has 0 saturated heterocycles. The van der Waals surface area contributed by atoms with E-state index in [-0.39, 0.29) is 5.60 Å². The Morgan fingerprint density at radius 3 is 2.92 bits per heavy atom. The van der Waals surface area contributed by atoms with Crippen molar-refractivity contribution in [3.8, 4) is 0 Å². The van der Waals surface area contributed by atoms with Crippen molar-refractivity contribution in [1.29, 1.82) is 0 Å². The van der Waals surface area contributed by atoms with E-state index in [1.54, 1.807) is 0 Å². The second-order valence-corrected chi connectivity index (χ2v) is 3.72. The molecule has 0 bridgehead atoms. The molecule has 1 fully saturated rings. The molecule has 1 aliphatic heterocycles. The lowest BCUT2D eigenvalue weighted by Crippen LogP contribution is -2.26. The van der Waals surface area contributed by atoms with Gasteiger partial charge in [0.1, 0.15) is 5.60 Å². The van der Waals surface area contributed by atoms with Gasteiger partial charge in [-0.25, -0.2) is 0 Å². The van der Waals surface area contributed by atoms with Gasteiger partial charge in [-0.2, -0.15) is 0 Å². The number of rotatable bonds is 0. The molecular formula is C10H11NO. The summed E-state index contributed by atoms with van der Waals surface area (Å²) < 4.78 is 0. The Bertz CT molecular complexity index is 317. The van der Waals surface area contributed by atoms with Crippen LogP contribution in [0.3, 0.4) is 0 Å². The van der Waals surface area contributed by atoms with Crippen LogP contribution in [-0.2, 0) is 11.3 Å². The van der Waals surface area contributed by atoms with Crippen molar-refractivity contribution in [1.82, 2.24) is 0 Å². The Labute approximate surface area is 71.5 Å². The van der Waals surface area contributed by atoms with Gasteiger partial charge in [0.25, 0.3) is 0 Å². The van der Waals surface area contributed by atoms with Gasteiger partial charge in [0.05, 0.1) is 5.69 Å². The Hall–Kier alpha value is -1.02. The number of hydrogen-bond acceptors (Lipinski definition) is 2. The fourth-order valence-corrected chi connectivity index (χ4v) is 1.74. The molecule has 0 amide bonds. The molecule has 12 heavy (non-hydrogen) atoms. The average Bonchev–Trinajstić information content (AvgIpc) is 2.85. The van der Waals surface area contributed by atoms with Crippen molar-refractivity contribution in [3.63, 3.8) is 0 Å². The van der Waals surface area contributed by atoms with E-state index in [4.69, 9.17) is 4.84 Å². The first-order chi connectivity index (χ1) is 5.88. The third-order valence-electron chi connectivity index (χ3n) is 2.72. The van der Waals surface area contributed by atoms with Gasteiger partial charge in [0, 0.05) is 6.42 Å². The van der Waals surface area contributed by atoms with Crippen LogP contribution in [0.15, 0.2) is 24.3 Å². The predicted octanol–water partition coefficient (Wildman–Crippen LogP) is 2.12. The number of fused-ring (bicyclic) bond motifs is 1. The molecule has 1 aliphatic carbocycles. The Balaban J connectivity index is 2.01. The van der Waals surface area contributed by atoms with Gasteiger partial charge in [-0.3, -0.25) is 10.3 Å². The summed E-state index contributed by atoms with van der Waals surface area (Å²) in [5.74, 6) is 0. The summed E-state index contributed by atoms with van der Waals surface area (Å²) in [5, 5.41) is 0. The summed E-state index contributed by atoms with van der Waals surface area (Å²) in [4.78, 5) is 5.55. The van der Waals surface area contributed by atoms with Gasteiger partial charge in [-0.1, -0.05) is 18.2 Å². The zero-order chi connectivity index (χ0) is 8.02. The molecule has 2 heteroatoms. The Morgan fingerprint density at radius 1 is 1.25 bits per heavy atom. The zero-order valence-corrected chi connectivity index (χ0v) is 6.84. The summed E-state index contributed by atoms with van der Waals surface area (Å²) >= 11 is 0. The smallest absolute Gasteiger partial charge is 0.100 e. The SMILES string of the molecule is c1ccc2c(c1)CC1(CC1)ON2. The fourth-order valence-electron chi connectivity index (χ4n) is 1.74. The van der Waals surface area contributed by atoms with Gasteiger partial charge in [-0.05, 0) is 24.5 Å². The van der Waals surface area contributed by atoms with Crippen molar-refractivity contribution in [2.75, 3.05) is 5.48 Å². The minimum absolute atomic E-state index is 0.161. The molecule has 0 radical (unpaired) electrons. The second-order valence-electron chi connectivity index (χ2n) is 3.72. The number of benzene rings is 1. The third-order valence-corrected chi connectivity index (χ3v) is 2.72. The lowest BCUT2D eigenvalue weighted by atomic mass is 10.0. The molecule has 1 N–H and O–H groups in total. The van der Waals surface area contributed by atoms with E-state index < -0.39 is 0 Å². The minimum atomic E-state index is 0.161. The van der Waals surface area contributed by atoms with E-state index in [1.807, 2.05) is 6.07 Å². The van der Waals surface area contributed by atoms with E-state index in [9.17, 15) is 0 Å². The van der Waals surface area contributed by atoms with Gasteiger partial charge >= 0.3 is 0 Å². The minimum Gasteiger partial charge on any atom is -0.269 e. The lowest BCUT2D eigenvalue weighted by Gasteiger charge is -2.25. The van der Waals surface area contributed by atoms with E-state index in [1.165, 1.54) is 18.4 Å². The predicted molar refractivity (Wildman–Crippen MR) is 46.8 cm³/mol. The topological polar surface area (TPSA) is 21.3 Å². The molecule has 1 heterocycles. The molecule has 2 nitrogen and oxygen atoms in total. The van der Waals surface area contributed by atoms with Crippen molar-refractivity contribution in [2.45, 2.75) is 24.9 Å². The highest BCUT2D eigenvalue weighted by Crippen LogP contribution is 2.46. The van der Waals surface area contributed by atoms with Crippen LogP contribution in [0.4, 0.5) is 5.69 Å². The first-order valence-electron chi connectivity index (χ1n) is 4.40. The van der Waals surface area contributed by atoms with Crippen LogP contribution in [-0.4, -0.2) is 5.60 Å². The third kappa shape index (κ3) is 0.847. The molecule has 0 unspecified atom stereocenters. The van der Waals surface area contributed by atoms with E-state index in [0.717, 1.165) is 12.1 Å². The average molecular weight is 161 g/mol. The van der Waals surface area contributed by atoms with Crippen LogP contribution in [0.1, 0.15) is 18.4 Å². The highest BCUT2D eigenvalue weighted by Gasteiger charge is 2.47. The number of hydrogen-bond donors (Lipinski definition) is 1. The van der Waals surface area contributed by atoms with Crippen molar-refractivity contribution in [3.05, 3.63) is 29.8 Å². The summed E-state index contributed by atoms with van der Waals surface area (Å²) in [6.07, 6.45) is 3.48. The number of nitrogens with one attached hydrogen (secondary N) is 1. The van der Waals surface area contributed by atoms with Crippen molar-refractivity contribution >= 4 is 5.69 Å². The molecular weight excluding hydrogens is 150 g/mol. The summed E-state index contributed by atoms with van der Waals surface area (Å²) in [5.41, 5.74) is 5.70. The largest absolute Gasteiger partial charge is 0.269 e. The quantitative estimate of drug-likeness (QED) is 0.629. The normalized spacial score (nSPS) is 23.0. The molecule has 1 spiro atoms. The maximum Gasteiger partial charge on any atom is 0.100 e. The van der Waals surface area contributed by atoms with Crippen molar-refractivity contribution in [2.24, 2.45) is 0 Å². The standard InChI is InChI=1S/C10H11NO/c1-2-4-9-8(3-1)7-10(5-6-10)12-11-9/h1-4,11H,5-7H2. The van der Waals surface area contributed by atoms with E-state index >= 15 is 0 Å². The molecule has 1 saturated carbocycles. The summed E-state index contributed by atoms with van der Waals surface area (Å²) in [6.45, 7) is 0. The number of para-hydroxylation sites is 1. The first-order valence-corrected chi connectivity index (χ1v) is 4.40. The van der Waals surface area contributed by atoms with Gasteiger partial charge in [-0.15, -0.1) is 0 Å². The van der Waals surface area contributed by atoms with Gasteiger partial charge in [0.15, 0.2) is 0 Å². The maximum atomic E-state index is 5.55. The second kappa shape index (κ2) is 2.02. The van der Waals surface area contributed by atoms with Crippen LogP contribution in [0, 0.1) is 0 Å². The van der Waals surface area contributed by atoms with Crippen LogP contribution >= 0.6 is 0 Å². The monoisotopic (exact) mass is 161 g/mol. The molecule has 3 rings (SSSR count). The van der Waals surface area contributed by atoms with Crippen LogP contribution < -0.4 is 5.48 Å². The fraction of sp³-hybridized carbons (Fsp3) is 0.400. The summed E-state index contributed by atoms with van der Waals surface area (Å²) in [7, 11) is 0. The molecule has 1 aromatic rings.